The SMILES string of the molecule is O=C(CCl)Nc1ccc(Br)cc1CCC(O)c1ccco1. The van der Waals surface area contributed by atoms with Gasteiger partial charge in [0.05, 0.1) is 6.26 Å². The second-order valence-electron chi connectivity index (χ2n) is 4.55. The number of halogens is 2. The quantitative estimate of drug-likeness (QED) is 0.756. The Morgan fingerprint density at radius 2 is 2.24 bits per heavy atom. The van der Waals surface area contributed by atoms with E-state index < -0.39 is 6.10 Å². The third-order valence-corrected chi connectivity index (χ3v) is 3.76. The number of aliphatic hydroxyl groups excluding tert-OH is 1. The van der Waals surface area contributed by atoms with Crippen LogP contribution in [0.1, 0.15) is 23.8 Å². The van der Waals surface area contributed by atoms with E-state index in [9.17, 15) is 9.90 Å². The first-order valence-electron chi connectivity index (χ1n) is 6.46. The number of hydrogen-bond acceptors (Lipinski definition) is 3. The normalized spacial score (nSPS) is 12.1. The van der Waals surface area contributed by atoms with E-state index >= 15 is 0 Å². The fourth-order valence-electron chi connectivity index (χ4n) is 1.99. The fraction of sp³-hybridized carbons (Fsp3) is 0.267. The largest absolute Gasteiger partial charge is 0.467 e. The molecule has 2 aromatic rings. The average Bonchev–Trinajstić information content (AvgIpc) is 3.01. The first-order valence-corrected chi connectivity index (χ1v) is 7.78. The Morgan fingerprint density at radius 1 is 1.43 bits per heavy atom. The Hall–Kier alpha value is -1.30. The number of aryl methyl sites for hydroxylation is 1. The molecule has 1 heterocycles. The van der Waals surface area contributed by atoms with Gasteiger partial charge < -0.3 is 14.8 Å². The molecule has 21 heavy (non-hydrogen) atoms. The first kappa shape index (κ1) is 16.1. The molecule has 0 saturated heterocycles. The van der Waals surface area contributed by atoms with Crippen LogP contribution in [-0.4, -0.2) is 16.9 Å². The molecule has 0 fully saturated rings. The van der Waals surface area contributed by atoms with Gasteiger partial charge >= 0.3 is 0 Å². The molecule has 0 radical (unpaired) electrons. The zero-order valence-corrected chi connectivity index (χ0v) is 13.5. The Kier molecular flexibility index (Phi) is 5.85. The number of amides is 1. The van der Waals surface area contributed by atoms with Crippen LogP contribution in [0.25, 0.3) is 0 Å². The van der Waals surface area contributed by atoms with Crippen molar-refractivity contribution in [2.45, 2.75) is 18.9 Å². The van der Waals surface area contributed by atoms with Crippen molar-refractivity contribution in [3.8, 4) is 0 Å². The Bertz CT molecular complexity index is 601. The molecule has 2 rings (SSSR count). The van der Waals surface area contributed by atoms with Crippen molar-refractivity contribution in [3.05, 3.63) is 52.4 Å². The van der Waals surface area contributed by atoms with Gasteiger partial charge in [-0.15, -0.1) is 11.6 Å². The zero-order chi connectivity index (χ0) is 15.2. The lowest BCUT2D eigenvalue weighted by Crippen LogP contribution is -2.14. The van der Waals surface area contributed by atoms with Crippen molar-refractivity contribution >= 4 is 39.1 Å². The summed E-state index contributed by atoms with van der Waals surface area (Å²) in [4.78, 5) is 11.4. The number of carbonyl (C=O) groups is 1. The minimum absolute atomic E-state index is 0.0927. The van der Waals surface area contributed by atoms with Crippen LogP contribution in [0, 0.1) is 0 Å². The monoisotopic (exact) mass is 371 g/mol. The maximum Gasteiger partial charge on any atom is 0.239 e. The topological polar surface area (TPSA) is 62.5 Å². The summed E-state index contributed by atoms with van der Waals surface area (Å²) in [7, 11) is 0. The number of anilines is 1. The van der Waals surface area contributed by atoms with E-state index in [2.05, 4.69) is 21.2 Å². The summed E-state index contributed by atoms with van der Waals surface area (Å²) in [6, 6.07) is 9.05. The Morgan fingerprint density at radius 3 is 2.90 bits per heavy atom. The molecule has 1 aromatic heterocycles. The van der Waals surface area contributed by atoms with E-state index in [1.807, 2.05) is 18.2 Å². The Balaban J connectivity index is 2.07. The Labute approximate surface area is 136 Å². The molecule has 0 saturated carbocycles. The summed E-state index contributed by atoms with van der Waals surface area (Å²) >= 11 is 8.91. The van der Waals surface area contributed by atoms with Gasteiger partial charge in [-0.1, -0.05) is 15.9 Å². The molecule has 1 aromatic carbocycles. The summed E-state index contributed by atoms with van der Waals surface area (Å²) in [5.41, 5.74) is 1.63. The van der Waals surface area contributed by atoms with Crippen molar-refractivity contribution in [2.75, 3.05) is 11.2 Å². The fourth-order valence-corrected chi connectivity index (χ4v) is 2.47. The van der Waals surface area contributed by atoms with Crippen molar-refractivity contribution in [1.82, 2.24) is 0 Å². The van der Waals surface area contributed by atoms with Crippen molar-refractivity contribution in [2.24, 2.45) is 0 Å². The molecule has 0 spiro atoms. The predicted molar refractivity (Wildman–Crippen MR) is 85.5 cm³/mol. The van der Waals surface area contributed by atoms with Gasteiger partial charge in [0.1, 0.15) is 17.7 Å². The van der Waals surface area contributed by atoms with Gasteiger partial charge in [-0.05, 0) is 48.7 Å². The molecule has 1 atom stereocenters. The van der Waals surface area contributed by atoms with Crippen molar-refractivity contribution < 1.29 is 14.3 Å². The number of aliphatic hydroxyl groups is 1. The molecule has 4 nitrogen and oxygen atoms in total. The summed E-state index contributed by atoms with van der Waals surface area (Å²) in [6.07, 6.45) is 1.95. The van der Waals surface area contributed by atoms with Gasteiger partial charge in [-0.2, -0.15) is 0 Å². The van der Waals surface area contributed by atoms with E-state index in [0.29, 0.717) is 24.3 Å². The first-order chi connectivity index (χ1) is 10.1. The molecule has 112 valence electrons. The maximum atomic E-state index is 11.4. The minimum Gasteiger partial charge on any atom is -0.467 e. The molecule has 1 unspecified atom stereocenters. The highest BCUT2D eigenvalue weighted by atomic mass is 79.9. The summed E-state index contributed by atoms with van der Waals surface area (Å²) < 4.78 is 6.08. The number of rotatable bonds is 6. The van der Waals surface area contributed by atoms with E-state index in [-0.39, 0.29) is 11.8 Å². The number of benzene rings is 1. The van der Waals surface area contributed by atoms with Crippen LogP contribution in [0.2, 0.25) is 0 Å². The zero-order valence-electron chi connectivity index (χ0n) is 11.2. The second-order valence-corrected chi connectivity index (χ2v) is 5.74. The van der Waals surface area contributed by atoms with E-state index in [0.717, 1.165) is 10.0 Å². The summed E-state index contributed by atoms with van der Waals surface area (Å²) in [5.74, 6) is 0.188. The number of furan rings is 1. The van der Waals surface area contributed by atoms with Gasteiger partial charge in [0.2, 0.25) is 5.91 Å². The summed E-state index contributed by atoms with van der Waals surface area (Å²) in [5, 5.41) is 12.8. The molecule has 0 aliphatic rings. The predicted octanol–water partition coefficient (Wildman–Crippen LogP) is 3.89. The molecule has 0 aliphatic heterocycles. The highest BCUT2D eigenvalue weighted by Crippen LogP contribution is 2.26. The van der Waals surface area contributed by atoms with Crippen LogP contribution in [0.5, 0.6) is 0 Å². The number of hydrogen-bond donors (Lipinski definition) is 2. The molecule has 0 aliphatic carbocycles. The lowest BCUT2D eigenvalue weighted by Gasteiger charge is -2.13. The van der Waals surface area contributed by atoms with Crippen LogP contribution in [0.4, 0.5) is 5.69 Å². The standard InChI is InChI=1S/C15H15BrClNO3/c16-11-4-5-12(18-15(20)9-17)10(8-11)3-6-13(19)14-2-1-7-21-14/h1-2,4-5,7-8,13,19H,3,6,9H2,(H,18,20). The minimum atomic E-state index is -0.671. The average molecular weight is 373 g/mol. The molecular weight excluding hydrogens is 358 g/mol. The van der Waals surface area contributed by atoms with E-state index in [4.69, 9.17) is 16.0 Å². The van der Waals surface area contributed by atoms with Crippen LogP contribution in [0.3, 0.4) is 0 Å². The van der Waals surface area contributed by atoms with Crippen LogP contribution >= 0.6 is 27.5 Å². The summed E-state index contributed by atoms with van der Waals surface area (Å²) in [6.45, 7) is 0. The van der Waals surface area contributed by atoms with Gasteiger partial charge in [-0.25, -0.2) is 0 Å². The number of nitrogens with one attached hydrogen (secondary N) is 1. The molecule has 1 amide bonds. The van der Waals surface area contributed by atoms with Crippen LogP contribution in [-0.2, 0) is 11.2 Å². The van der Waals surface area contributed by atoms with Gasteiger partial charge in [0, 0.05) is 10.2 Å². The van der Waals surface area contributed by atoms with Crippen LogP contribution < -0.4 is 5.32 Å². The van der Waals surface area contributed by atoms with Crippen molar-refractivity contribution in [1.29, 1.82) is 0 Å². The van der Waals surface area contributed by atoms with Crippen LogP contribution in [0.15, 0.2) is 45.5 Å². The van der Waals surface area contributed by atoms with E-state index in [1.54, 1.807) is 12.1 Å². The van der Waals surface area contributed by atoms with Gasteiger partial charge in [0.15, 0.2) is 0 Å². The lowest BCUT2D eigenvalue weighted by atomic mass is 10.0. The third kappa shape index (κ3) is 4.59. The van der Waals surface area contributed by atoms with Gasteiger partial charge in [-0.3, -0.25) is 4.79 Å². The second kappa shape index (κ2) is 7.64. The molecular formula is C15H15BrClNO3. The smallest absolute Gasteiger partial charge is 0.239 e. The molecule has 0 bridgehead atoms. The van der Waals surface area contributed by atoms with Crippen molar-refractivity contribution in [3.63, 3.8) is 0 Å². The molecule has 6 heteroatoms. The van der Waals surface area contributed by atoms with E-state index in [1.165, 1.54) is 6.26 Å². The lowest BCUT2D eigenvalue weighted by molar-refractivity contribution is -0.113. The number of alkyl halides is 1. The third-order valence-electron chi connectivity index (χ3n) is 3.02. The highest BCUT2D eigenvalue weighted by molar-refractivity contribution is 9.10. The maximum absolute atomic E-state index is 11.4. The molecule has 2 N–H and O–H groups in total. The number of carbonyl (C=O) groups excluding carboxylic acids is 1. The highest BCUT2D eigenvalue weighted by Gasteiger charge is 2.13. The van der Waals surface area contributed by atoms with Gasteiger partial charge in [0.25, 0.3) is 0 Å².